The zero-order valence-corrected chi connectivity index (χ0v) is 15.6. The molecule has 1 N–H and O–H groups in total. The largest absolute Gasteiger partial charge is 0.497 e. The van der Waals surface area contributed by atoms with Gasteiger partial charge in [0, 0.05) is 19.1 Å². The number of alkyl halides is 3. The van der Waals surface area contributed by atoms with E-state index in [0.29, 0.717) is 19.1 Å². The molecule has 3 rings (SSSR count). The highest BCUT2D eigenvalue weighted by Gasteiger charge is 2.32. The van der Waals surface area contributed by atoms with Crippen LogP contribution in [0.15, 0.2) is 48.5 Å². The quantitative estimate of drug-likeness (QED) is 0.739. The molecule has 1 fully saturated rings. The van der Waals surface area contributed by atoms with Gasteiger partial charge < -0.3 is 10.1 Å². The second-order valence-electron chi connectivity index (χ2n) is 6.96. The number of nitrogens with one attached hydrogen (secondary N) is 1. The third-order valence-electron chi connectivity index (χ3n) is 4.73. The third-order valence-corrected chi connectivity index (χ3v) is 4.73. The van der Waals surface area contributed by atoms with E-state index in [4.69, 9.17) is 4.74 Å². The first-order valence-corrected chi connectivity index (χ1v) is 9.15. The van der Waals surface area contributed by atoms with Gasteiger partial charge in [-0.15, -0.1) is 0 Å². The van der Waals surface area contributed by atoms with Crippen LogP contribution in [0, 0.1) is 0 Å². The van der Waals surface area contributed by atoms with Crippen LogP contribution in [0.4, 0.5) is 13.2 Å². The number of hydrogen-bond donors (Lipinski definition) is 1. The average molecular weight is 392 g/mol. The summed E-state index contributed by atoms with van der Waals surface area (Å²) in [6.07, 6.45) is -2.32. The Morgan fingerprint density at radius 3 is 2.21 bits per heavy atom. The lowest BCUT2D eigenvalue weighted by Gasteiger charge is -2.22. The number of methoxy groups -OCH3 is 1. The van der Waals surface area contributed by atoms with Gasteiger partial charge in [0.1, 0.15) is 5.75 Å². The van der Waals surface area contributed by atoms with Crippen LogP contribution in [-0.4, -0.2) is 30.5 Å². The summed E-state index contributed by atoms with van der Waals surface area (Å²) < 4.78 is 43.2. The maximum Gasteiger partial charge on any atom is 0.416 e. The van der Waals surface area contributed by atoms with Gasteiger partial charge in [-0.1, -0.05) is 24.3 Å². The Kier molecular flexibility index (Phi) is 6.24. The molecule has 0 spiro atoms. The summed E-state index contributed by atoms with van der Waals surface area (Å²) in [5.41, 5.74) is 1.07. The number of carbonyl (C=O) groups is 1. The molecule has 0 aromatic heterocycles. The Morgan fingerprint density at radius 2 is 1.68 bits per heavy atom. The summed E-state index contributed by atoms with van der Waals surface area (Å²) in [6.45, 7) is 1.10. The molecule has 0 saturated heterocycles. The van der Waals surface area contributed by atoms with Crippen LogP contribution in [0.1, 0.15) is 29.5 Å². The fourth-order valence-electron chi connectivity index (χ4n) is 2.97. The molecule has 0 heterocycles. The van der Waals surface area contributed by atoms with E-state index in [2.05, 4.69) is 5.32 Å². The minimum absolute atomic E-state index is 0.102. The van der Waals surface area contributed by atoms with Crippen molar-refractivity contribution in [3.63, 3.8) is 0 Å². The van der Waals surface area contributed by atoms with Gasteiger partial charge in [-0.05, 0) is 48.2 Å². The summed E-state index contributed by atoms with van der Waals surface area (Å²) >= 11 is 0. The number of benzene rings is 2. The van der Waals surface area contributed by atoms with Crippen molar-refractivity contribution in [2.75, 3.05) is 13.7 Å². The van der Waals surface area contributed by atoms with E-state index in [1.54, 1.807) is 7.11 Å². The Labute approximate surface area is 162 Å². The summed E-state index contributed by atoms with van der Waals surface area (Å²) in [5.74, 6) is 0.654. The molecule has 0 radical (unpaired) electrons. The lowest BCUT2D eigenvalue weighted by Crippen LogP contribution is -2.37. The highest BCUT2D eigenvalue weighted by atomic mass is 19.4. The second-order valence-corrected chi connectivity index (χ2v) is 6.96. The SMILES string of the molecule is COc1ccc(CNC(=O)CN(Cc2ccc(C(F)(F)F)cc2)C2CC2)cc1. The van der Waals surface area contributed by atoms with Crippen LogP contribution in [0.25, 0.3) is 0 Å². The summed E-state index contributed by atoms with van der Waals surface area (Å²) in [7, 11) is 1.60. The number of nitrogens with zero attached hydrogens (tertiary/aromatic N) is 1. The predicted molar refractivity (Wildman–Crippen MR) is 99.7 cm³/mol. The van der Waals surface area contributed by atoms with Crippen LogP contribution in [0.2, 0.25) is 0 Å². The van der Waals surface area contributed by atoms with E-state index >= 15 is 0 Å². The molecule has 2 aromatic carbocycles. The molecule has 0 unspecified atom stereocenters. The molecule has 4 nitrogen and oxygen atoms in total. The Hall–Kier alpha value is -2.54. The molecule has 1 amide bonds. The number of carbonyl (C=O) groups excluding carboxylic acids is 1. The van der Waals surface area contributed by atoms with Gasteiger partial charge in [-0.3, -0.25) is 9.69 Å². The van der Waals surface area contributed by atoms with E-state index in [1.807, 2.05) is 29.2 Å². The Balaban J connectivity index is 1.53. The molecular weight excluding hydrogens is 369 g/mol. The van der Waals surface area contributed by atoms with E-state index in [9.17, 15) is 18.0 Å². The van der Waals surface area contributed by atoms with Crippen molar-refractivity contribution < 1.29 is 22.7 Å². The maximum atomic E-state index is 12.7. The van der Waals surface area contributed by atoms with Gasteiger partial charge in [0.2, 0.25) is 5.91 Å². The van der Waals surface area contributed by atoms with Crippen molar-refractivity contribution in [3.05, 3.63) is 65.2 Å². The zero-order chi connectivity index (χ0) is 20.1. The standard InChI is InChI=1S/C21H23F3N2O2/c1-28-19-10-4-15(5-11-19)12-25-20(27)14-26(18-8-9-18)13-16-2-6-17(7-3-16)21(22,23)24/h2-7,10-11,18H,8-9,12-14H2,1H3,(H,25,27). The predicted octanol–water partition coefficient (Wildman–Crippen LogP) is 3.99. The molecule has 1 saturated carbocycles. The van der Waals surface area contributed by atoms with E-state index in [-0.39, 0.29) is 12.5 Å². The van der Waals surface area contributed by atoms with Crippen LogP contribution < -0.4 is 10.1 Å². The van der Waals surface area contributed by atoms with Crippen LogP contribution >= 0.6 is 0 Å². The van der Waals surface area contributed by atoms with E-state index < -0.39 is 11.7 Å². The minimum atomic E-state index is -4.34. The van der Waals surface area contributed by atoms with Gasteiger partial charge in [-0.2, -0.15) is 13.2 Å². The lowest BCUT2D eigenvalue weighted by atomic mass is 10.1. The van der Waals surface area contributed by atoms with Crippen LogP contribution in [-0.2, 0) is 24.1 Å². The van der Waals surface area contributed by atoms with Crippen molar-refractivity contribution in [1.82, 2.24) is 10.2 Å². The maximum absolute atomic E-state index is 12.7. The van der Waals surface area contributed by atoms with Crippen LogP contribution in [0.5, 0.6) is 5.75 Å². The fraction of sp³-hybridized carbons (Fsp3) is 0.381. The molecule has 0 atom stereocenters. The first-order chi connectivity index (χ1) is 13.3. The van der Waals surface area contributed by atoms with Crippen molar-refractivity contribution in [2.45, 2.75) is 38.1 Å². The highest BCUT2D eigenvalue weighted by molar-refractivity contribution is 5.78. The van der Waals surface area contributed by atoms with E-state index in [1.165, 1.54) is 12.1 Å². The molecule has 1 aliphatic carbocycles. The Bertz CT molecular complexity index is 785. The number of hydrogen-bond acceptors (Lipinski definition) is 3. The lowest BCUT2D eigenvalue weighted by molar-refractivity contribution is -0.137. The van der Waals surface area contributed by atoms with Gasteiger partial charge in [0.25, 0.3) is 0 Å². The summed E-state index contributed by atoms with van der Waals surface area (Å²) in [4.78, 5) is 14.4. The molecule has 7 heteroatoms. The first kappa shape index (κ1) is 20.2. The minimum Gasteiger partial charge on any atom is -0.497 e. The molecule has 150 valence electrons. The Morgan fingerprint density at radius 1 is 1.07 bits per heavy atom. The van der Waals surface area contributed by atoms with Crippen molar-refractivity contribution in [2.24, 2.45) is 0 Å². The van der Waals surface area contributed by atoms with Crippen molar-refractivity contribution in [1.29, 1.82) is 0 Å². The van der Waals surface area contributed by atoms with Crippen molar-refractivity contribution >= 4 is 5.91 Å². The molecule has 28 heavy (non-hydrogen) atoms. The zero-order valence-electron chi connectivity index (χ0n) is 15.6. The molecule has 1 aliphatic rings. The summed E-state index contributed by atoms with van der Waals surface area (Å²) in [5, 5.41) is 2.89. The first-order valence-electron chi connectivity index (χ1n) is 9.15. The number of ether oxygens (including phenoxy) is 1. The second kappa shape index (κ2) is 8.65. The highest BCUT2D eigenvalue weighted by Crippen LogP contribution is 2.31. The number of halogens is 3. The van der Waals surface area contributed by atoms with Gasteiger partial charge in [-0.25, -0.2) is 0 Å². The number of rotatable bonds is 8. The molecule has 2 aromatic rings. The smallest absolute Gasteiger partial charge is 0.416 e. The topological polar surface area (TPSA) is 41.6 Å². The van der Waals surface area contributed by atoms with Gasteiger partial charge in [0.05, 0.1) is 19.2 Å². The molecule has 0 bridgehead atoms. The normalized spacial score (nSPS) is 14.2. The van der Waals surface area contributed by atoms with Gasteiger partial charge in [0.15, 0.2) is 0 Å². The monoisotopic (exact) mass is 392 g/mol. The number of amides is 1. The third kappa shape index (κ3) is 5.73. The molecule has 0 aliphatic heterocycles. The average Bonchev–Trinajstić information content (AvgIpc) is 3.51. The van der Waals surface area contributed by atoms with E-state index in [0.717, 1.165) is 41.9 Å². The van der Waals surface area contributed by atoms with Gasteiger partial charge >= 0.3 is 6.18 Å². The molecular formula is C21H23F3N2O2. The fourth-order valence-corrected chi connectivity index (χ4v) is 2.97. The summed E-state index contributed by atoms with van der Waals surface area (Å²) in [6, 6.07) is 12.9. The van der Waals surface area contributed by atoms with Crippen molar-refractivity contribution in [3.8, 4) is 5.75 Å². The van der Waals surface area contributed by atoms with Crippen LogP contribution in [0.3, 0.4) is 0 Å².